The number of nitrogens with zero attached hydrogens (tertiary/aromatic N) is 2. The van der Waals surface area contributed by atoms with Crippen LogP contribution in [-0.2, 0) is 6.54 Å². The second kappa shape index (κ2) is 9.62. The summed E-state index contributed by atoms with van der Waals surface area (Å²) in [6.45, 7) is -0.618. The molecule has 2 N–H and O–H groups in total. The minimum absolute atomic E-state index is 0.135. The molecular formula is C27H22F3N3O4. The highest BCUT2D eigenvalue weighted by Gasteiger charge is 2.37. The molecule has 0 aliphatic carbocycles. The lowest BCUT2D eigenvalue weighted by Crippen LogP contribution is -2.43. The van der Waals surface area contributed by atoms with Gasteiger partial charge in [-0.2, -0.15) is 0 Å². The second-order valence-corrected chi connectivity index (χ2v) is 8.55. The van der Waals surface area contributed by atoms with Gasteiger partial charge in [0.15, 0.2) is 11.6 Å². The minimum Gasteiger partial charge on any atom is -0.494 e. The van der Waals surface area contributed by atoms with Crippen molar-refractivity contribution in [2.45, 2.75) is 18.6 Å². The molecule has 0 saturated carbocycles. The number of hydrogen-bond donors (Lipinski definition) is 1. The van der Waals surface area contributed by atoms with E-state index in [1.807, 2.05) is 0 Å². The van der Waals surface area contributed by atoms with E-state index in [2.05, 4.69) is 0 Å². The molecule has 0 spiro atoms. The number of fused-ring (bicyclic) bond motifs is 1. The van der Waals surface area contributed by atoms with E-state index in [9.17, 15) is 18.4 Å². The topological polar surface area (TPSA) is 88.5 Å². The van der Waals surface area contributed by atoms with Crippen molar-refractivity contribution in [3.05, 3.63) is 116 Å². The predicted octanol–water partition coefficient (Wildman–Crippen LogP) is 3.78. The maximum Gasteiger partial charge on any atom is 0.334 e. The van der Waals surface area contributed by atoms with E-state index in [1.54, 1.807) is 30.3 Å². The second-order valence-electron chi connectivity index (χ2n) is 8.55. The van der Waals surface area contributed by atoms with Crippen LogP contribution in [0.3, 0.4) is 0 Å². The summed E-state index contributed by atoms with van der Waals surface area (Å²) in [7, 11) is 1.27. The van der Waals surface area contributed by atoms with E-state index in [0.29, 0.717) is 5.56 Å². The van der Waals surface area contributed by atoms with Gasteiger partial charge < -0.3 is 15.2 Å². The Labute approximate surface area is 209 Å². The number of benzene rings is 3. The van der Waals surface area contributed by atoms with E-state index in [4.69, 9.17) is 15.2 Å². The number of aromatic nitrogens is 2. The first-order chi connectivity index (χ1) is 17.8. The van der Waals surface area contributed by atoms with Gasteiger partial charge in [0.1, 0.15) is 29.8 Å². The fourth-order valence-corrected chi connectivity index (χ4v) is 4.60. The summed E-state index contributed by atoms with van der Waals surface area (Å²) in [5, 5.41) is 0. The highest BCUT2D eigenvalue weighted by molar-refractivity contribution is 5.70. The molecular weight excluding hydrogens is 487 g/mol. The Kier molecular flexibility index (Phi) is 6.34. The molecule has 0 amide bonds. The molecule has 2 unspecified atom stereocenters. The van der Waals surface area contributed by atoms with Crippen LogP contribution in [0.2, 0.25) is 0 Å². The summed E-state index contributed by atoms with van der Waals surface area (Å²) in [5.74, 6) is -3.06. The maximum atomic E-state index is 15.4. The first kappa shape index (κ1) is 24.4. The average Bonchev–Trinajstić information content (AvgIpc) is 3.32. The Morgan fingerprint density at radius 1 is 1.00 bits per heavy atom. The SMILES string of the molecule is COc1cccc(-c2c3n(c(=O)n(CC(N)c4ccccc4)c2=O)C(c2c(F)cccc2F)CO3)c1F. The molecule has 37 heavy (non-hydrogen) atoms. The van der Waals surface area contributed by atoms with E-state index in [1.165, 1.54) is 31.4 Å². The highest BCUT2D eigenvalue weighted by Crippen LogP contribution is 2.39. The number of nitrogens with two attached hydrogens (primary N) is 1. The first-order valence-corrected chi connectivity index (χ1v) is 11.4. The van der Waals surface area contributed by atoms with Crippen LogP contribution in [0.5, 0.6) is 11.6 Å². The van der Waals surface area contributed by atoms with Gasteiger partial charge in [-0.05, 0) is 23.8 Å². The fourth-order valence-electron chi connectivity index (χ4n) is 4.60. The molecule has 0 bridgehead atoms. The summed E-state index contributed by atoms with van der Waals surface area (Å²) < 4.78 is 57.4. The van der Waals surface area contributed by atoms with Crippen molar-refractivity contribution in [1.29, 1.82) is 0 Å². The molecule has 7 nitrogen and oxygen atoms in total. The van der Waals surface area contributed by atoms with Crippen molar-refractivity contribution in [3.8, 4) is 22.8 Å². The monoisotopic (exact) mass is 509 g/mol. The summed E-state index contributed by atoms with van der Waals surface area (Å²) in [6.07, 6.45) is 0. The van der Waals surface area contributed by atoms with Gasteiger partial charge >= 0.3 is 5.69 Å². The Morgan fingerprint density at radius 3 is 2.35 bits per heavy atom. The van der Waals surface area contributed by atoms with Crippen LogP contribution in [-0.4, -0.2) is 22.9 Å². The third-order valence-corrected chi connectivity index (χ3v) is 6.41. The molecule has 3 aromatic carbocycles. The lowest BCUT2D eigenvalue weighted by Gasteiger charge is -2.19. The van der Waals surface area contributed by atoms with Gasteiger partial charge in [0.05, 0.1) is 19.2 Å². The quantitative estimate of drug-likeness (QED) is 0.428. The molecule has 10 heteroatoms. The Balaban J connectivity index is 1.78. The van der Waals surface area contributed by atoms with Crippen molar-refractivity contribution in [3.63, 3.8) is 0 Å². The highest BCUT2D eigenvalue weighted by atomic mass is 19.1. The average molecular weight is 509 g/mol. The molecule has 0 radical (unpaired) electrons. The molecule has 5 rings (SSSR count). The molecule has 2 heterocycles. The lowest BCUT2D eigenvalue weighted by molar-refractivity contribution is 0.336. The molecule has 2 atom stereocenters. The zero-order chi connectivity index (χ0) is 26.3. The summed E-state index contributed by atoms with van der Waals surface area (Å²) in [4.78, 5) is 27.4. The summed E-state index contributed by atoms with van der Waals surface area (Å²) in [5.41, 5.74) is 4.35. The Bertz CT molecular complexity index is 1580. The van der Waals surface area contributed by atoms with Gasteiger partial charge in [-0.3, -0.25) is 13.9 Å². The van der Waals surface area contributed by atoms with Crippen LogP contribution in [0.15, 0.2) is 76.3 Å². The van der Waals surface area contributed by atoms with Crippen LogP contribution in [0.25, 0.3) is 11.1 Å². The molecule has 1 aliphatic rings. The van der Waals surface area contributed by atoms with Gasteiger partial charge in [-0.1, -0.05) is 48.5 Å². The van der Waals surface area contributed by atoms with Crippen LogP contribution >= 0.6 is 0 Å². The van der Waals surface area contributed by atoms with Gasteiger partial charge in [0.2, 0.25) is 5.88 Å². The number of methoxy groups -OCH3 is 1. The lowest BCUT2D eigenvalue weighted by atomic mass is 10.0. The normalized spacial score (nSPS) is 15.2. The smallest absolute Gasteiger partial charge is 0.334 e. The number of ether oxygens (including phenoxy) is 2. The third kappa shape index (κ3) is 4.09. The summed E-state index contributed by atoms with van der Waals surface area (Å²) >= 11 is 0. The molecule has 4 aromatic rings. The zero-order valence-electron chi connectivity index (χ0n) is 19.7. The van der Waals surface area contributed by atoms with Crippen LogP contribution in [0, 0.1) is 17.5 Å². The van der Waals surface area contributed by atoms with Crippen LogP contribution < -0.4 is 26.5 Å². The van der Waals surface area contributed by atoms with Crippen LogP contribution in [0.4, 0.5) is 13.2 Å². The van der Waals surface area contributed by atoms with Gasteiger partial charge in [0.25, 0.3) is 5.56 Å². The molecule has 1 aromatic heterocycles. The van der Waals surface area contributed by atoms with Crippen molar-refractivity contribution in [1.82, 2.24) is 9.13 Å². The van der Waals surface area contributed by atoms with Crippen molar-refractivity contribution in [2.24, 2.45) is 5.73 Å². The Hall–Kier alpha value is -4.31. The molecule has 0 saturated heterocycles. The molecule has 190 valence electrons. The Morgan fingerprint density at radius 2 is 1.68 bits per heavy atom. The summed E-state index contributed by atoms with van der Waals surface area (Å²) in [6, 6.07) is 14.3. The predicted molar refractivity (Wildman–Crippen MR) is 130 cm³/mol. The number of rotatable bonds is 6. The molecule has 0 fully saturated rings. The van der Waals surface area contributed by atoms with E-state index < -0.39 is 46.3 Å². The fraction of sp³-hybridized carbons (Fsp3) is 0.185. The zero-order valence-corrected chi connectivity index (χ0v) is 19.7. The standard InChI is InChI=1S/C27H22F3N3O4/c1-36-21-12-5-9-16(24(21)30)22-25(34)32(13-19(31)15-7-3-2-4-8-15)27(35)33-20(14-37-26(22)33)23-17(28)10-6-11-18(23)29/h2-12,19-20H,13-14,31H2,1H3. The van der Waals surface area contributed by atoms with Gasteiger partial charge in [-0.25, -0.2) is 18.0 Å². The number of hydrogen-bond acceptors (Lipinski definition) is 5. The first-order valence-electron chi connectivity index (χ1n) is 11.4. The van der Waals surface area contributed by atoms with E-state index >= 15 is 4.39 Å². The third-order valence-electron chi connectivity index (χ3n) is 6.41. The van der Waals surface area contributed by atoms with E-state index in [-0.39, 0.29) is 35.9 Å². The van der Waals surface area contributed by atoms with Crippen molar-refractivity contribution >= 4 is 0 Å². The van der Waals surface area contributed by atoms with E-state index in [0.717, 1.165) is 21.3 Å². The van der Waals surface area contributed by atoms with Crippen molar-refractivity contribution < 1.29 is 22.6 Å². The molecule has 1 aliphatic heterocycles. The minimum atomic E-state index is -1.24. The maximum absolute atomic E-state index is 15.4. The largest absolute Gasteiger partial charge is 0.494 e. The van der Waals surface area contributed by atoms with Crippen molar-refractivity contribution in [2.75, 3.05) is 13.7 Å². The number of halogens is 3. The van der Waals surface area contributed by atoms with Crippen LogP contribution in [0.1, 0.15) is 23.2 Å². The van der Waals surface area contributed by atoms with Gasteiger partial charge in [-0.15, -0.1) is 0 Å². The van der Waals surface area contributed by atoms with Gasteiger partial charge in [0, 0.05) is 11.6 Å².